The first-order valence-electron chi connectivity index (χ1n) is 7.05. The Hall–Kier alpha value is -2.31. The van der Waals surface area contributed by atoms with Crippen molar-refractivity contribution in [3.05, 3.63) is 46.6 Å². The fourth-order valence-corrected chi connectivity index (χ4v) is 2.79. The van der Waals surface area contributed by atoms with Gasteiger partial charge in [0, 0.05) is 22.2 Å². The number of fused-ring (bicyclic) bond motifs is 1. The van der Waals surface area contributed by atoms with E-state index in [1.54, 1.807) is 24.3 Å². The molecule has 23 heavy (non-hydrogen) atoms. The lowest BCUT2D eigenvalue weighted by Crippen LogP contribution is -2.40. The lowest BCUT2D eigenvalue weighted by molar-refractivity contribution is 0.152. The van der Waals surface area contributed by atoms with E-state index in [2.05, 4.69) is 9.98 Å². The highest BCUT2D eigenvalue weighted by Gasteiger charge is 2.45. The summed E-state index contributed by atoms with van der Waals surface area (Å²) in [4.78, 5) is 8.36. The molecular formula is C16H16ClN3O3. The number of aliphatic hydroxyl groups is 1. The van der Waals surface area contributed by atoms with Crippen molar-refractivity contribution >= 4 is 23.1 Å². The monoisotopic (exact) mass is 333 g/mol. The number of rotatable bonds is 4. The molecule has 0 amide bonds. The van der Waals surface area contributed by atoms with E-state index >= 15 is 0 Å². The molecular weight excluding hydrogens is 318 g/mol. The molecule has 1 atom stereocenters. The predicted octanol–water partition coefficient (Wildman–Crippen LogP) is 2.38. The summed E-state index contributed by atoms with van der Waals surface area (Å²) in [7, 11) is 1.49. The molecule has 0 aliphatic carbocycles. The van der Waals surface area contributed by atoms with Crippen LogP contribution in [0.4, 0.5) is 5.69 Å². The van der Waals surface area contributed by atoms with E-state index < -0.39 is 5.60 Å². The summed E-state index contributed by atoms with van der Waals surface area (Å²) in [6.07, 6.45) is 1.49. The van der Waals surface area contributed by atoms with Gasteiger partial charge in [-0.3, -0.25) is 0 Å². The highest BCUT2D eigenvalue weighted by atomic mass is 35.5. The second kappa shape index (κ2) is 5.72. The Morgan fingerprint density at radius 2 is 2.09 bits per heavy atom. The average molecular weight is 334 g/mol. The second-order valence-corrected chi connectivity index (χ2v) is 5.46. The number of methoxy groups -OCH3 is 1. The summed E-state index contributed by atoms with van der Waals surface area (Å²) >= 11 is 6.07. The first kappa shape index (κ1) is 15.6. The Morgan fingerprint density at radius 1 is 1.30 bits per heavy atom. The third-order valence-corrected chi connectivity index (χ3v) is 3.94. The Morgan fingerprint density at radius 3 is 2.78 bits per heavy atom. The minimum absolute atomic E-state index is 0.0453. The molecule has 3 rings (SSSR count). The van der Waals surface area contributed by atoms with Crippen LogP contribution in [-0.4, -0.2) is 29.6 Å². The third kappa shape index (κ3) is 2.40. The number of nitrogens with zero attached hydrogens (tertiary/aromatic N) is 2. The topological polar surface area (TPSA) is 90.0 Å². The molecule has 2 aromatic rings. The van der Waals surface area contributed by atoms with Crippen LogP contribution in [0.5, 0.6) is 11.6 Å². The summed E-state index contributed by atoms with van der Waals surface area (Å²) in [5, 5.41) is 11.8. The SMILES string of the molecule is CCOc1cnc(OC)cc1C1(O)C(N)=Nc2ccc(Cl)cc21. The Kier molecular flexibility index (Phi) is 3.87. The summed E-state index contributed by atoms with van der Waals surface area (Å²) in [6, 6.07) is 6.63. The number of hydrogen-bond acceptors (Lipinski definition) is 6. The Labute approximate surface area is 138 Å². The van der Waals surface area contributed by atoms with Gasteiger partial charge in [-0.25, -0.2) is 9.98 Å². The first-order chi connectivity index (χ1) is 11.0. The number of pyridine rings is 1. The summed E-state index contributed by atoms with van der Waals surface area (Å²) in [6.45, 7) is 2.26. The summed E-state index contributed by atoms with van der Waals surface area (Å²) in [5.74, 6) is 0.783. The van der Waals surface area contributed by atoms with Crippen molar-refractivity contribution in [1.82, 2.24) is 4.98 Å². The van der Waals surface area contributed by atoms with Crippen LogP contribution in [0.15, 0.2) is 35.5 Å². The predicted molar refractivity (Wildman–Crippen MR) is 87.7 cm³/mol. The van der Waals surface area contributed by atoms with E-state index in [-0.39, 0.29) is 5.84 Å². The Balaban J connectivity index is 2.25. The van der Waals surface area contributed by atoms with Gasteiger partial charge in [0.1, 0.15) is 11.6 Å². The third-order valence-electron chi connectivity index (χ3n) is 3.70. The first-order valence-corrected chi connectivity index (χ1v) is 7.42. The van der Waals surface area contributed by atoms with E-state index in [1.165, 1.54) is 13.3 Å². The zero-order chi connectivity index (χ0) is 16.6. The molecule has 1 aliphatic heterocycles. The number of hydrogen-bond donors (Lipinski definition) is 2. The molecule has 0 saturated heterocycles. The smallest absolute Gasteiger partial charge is 0.213 e. The molecule has 1 aromatic heterocycles. The molecule has 1 aromatic carbocycles. The number of ether oxygens (including phenoxy) is 2. The zero-order valence-corrected chi connectivity index (χ0v) is 13.5. The number of nitrogens with two attached hydrogens (primary N) is 1. The molecule has 0 radical (unpaired) electrons. The van der Waals surface area contributed by atoms with Gasteiger partial charge in [0.05, 0.1) is 25.6 Å². The van der Waals surface area contributed by atoms with E-state index in [0.717, 1.165) is 0 Å². The molecule has 6 nitrogen and oxygen atoms in total. The van der Waals surface area contributed by atoms with Crippen LogP contribution >= 0.6 is 11.6 Å². The second-order valence-electron chi connectivity index (χ2n) is 5.02. The van der Waals surface area contributed by atoms with Crippen LogP contribution in [0.2, 0.25) is 5.02 Å². The van der Waals surface area contributed by atoms with Crippen LogP contribution in [0.3, 0.4) is 0 Å². The van der Waals surface area contributed by atoms with Crippen LogP contribution in [0.1, 0.15) is 18.1 Å². The van der Waals surface area contributed by atoms with Gasteiger partial charge in [0.25, 0.3) is 0 Å². The zero-order valence-electron chi connectivity index (χ0n) is 12.7. The van der Waals surface area contributed by atoms with E-state index in [0.29, 0.717) is 40.1 Å². The van der Waals surface area contributed by atoms with E-state index in [9.17, 15) is 5.11 Å². The molecule has 0 spiro atoms. The highest BCUT2D eigenvalue weighted by Crippen LogP contribution is 2.46. The van der Waals surface area contributed by atoms with Gasteiger partial charge in [0.2, 0.25) is 5.88 Å². The van der Waals surface area contributed by atoms with Gasteiger partial charge in [-0.05, 0) is 25.1 Å². The van der Waals surface area contributed by atoms with Crippen molar-refractivity contribution in [2.24, 2.45) is 10.7 Å². The molecule has 0 fully saturated rings. The molecule has 0 saturated carbocycles. The minimum Gasteiger partial charge on any atom is -0.492 e. The molecule has 2 heterocycles. The van der Waals surface area contributed by atoms with Crippen molar-refractivity contribution in [1.29, 1.82) is 0 Å². The van der Waals surface area contributed by atoms with Crippen molar-refractivity contribution < 1.29 is 14.6 Å². The normalized spacial score (nSPS) is 19.2. The van der Waals surface area contributed by atoms with Crippen LogP contribution in [0, 0.1) is 0 Å². The number of halogens is 1. The number of amidine groups is 1. The molecule has 0 bridgehead atoms. The van der Waals surface area contributed by atoms with Crippen molar-refractivity contribution in [3.8, 4) is 11.6 Å². The Bertz CT molecular complexity index is 794. The average Bonchev–Trinajstić information content (AvgIpc) is 2.80. The number of aromatic nitrogens is 1. The van der Waals surface area contributed by atoms with Gasteiger partial charge >= 0.3 is 0 Å². The molecule has 3 N–H and O–H groups in total. The van der Waals surface area contributed by atoms with Crippen LogP contribution < -0.4 is 15.2 Å². The van der Waals surface area contributed by atoms with Gasteiger partial charge in [-0.2, -0.15) is 0 Å². The molecule has 1 unspecified atom stereocenters. The number of benzene rings is 1. The quantitative estimate of drug-likeness (QED) is 0.896. The molecule has 1 aliphatic rings. The molecule has 7 heteroatoms. The lowest BCUT2D eigenvalue weighted by Gasteiger charge is -2.27. The lowest BCUT2D eigenvalue weighted by atomic mass is 9.86. The summed E-state index contributed by atoms with van der Waals surface area (Å²) < 4.78 is 10.7. The van der Waals surface area contributed by atoms with Crippen LogP contribution in [0.25, 0.3) is 0 Å². The van der Waals surface area contributed by atoms with Gasteiger partial charge in [-0.15, -0.1) is 0 Å². The largest absolute Gasteiger partial charge is 0.492 e. The van der Waals surface area contributed by atoms with Crippen molar-refractivity contribution in [2.75, 3.05) is 13.7 Å². The maximum absolute atomic E-state index is 11.4. The maximum atomic E-state index is 11.4. The van der Waals surface area contributed by atoms with Crippen molar-refractivity contribution in [2.45, 2.75) is 12.5 Å². The summed E-state index contributed by atoms with van der Waals surface area (Å²) in [5.41, 5.74) is 5.86. The minimum atomic E-state index is -1.65. The highest BCUT2D eigenvalue weighted by molar-refractivity contribution is 6.30. The maximum Gasteiger partial charge on any atom is 0.213 e. The van der Waals surface area contributed by atoms with E-state index in [1.807, 2.05) is 6.92 Å². The van der Waals surface area contributed by atoms with E-state index in [4.69, 9.17) is 26.8 Å². The van der Waals surface area contributed by atoms with Gasteiger partial charge in [-0.1, -0.05) is 11.6 Å². The molecule has 120 valence electrons. The standard InChI is InChI=1S/C16H16ClN3O3/c1-3-23-13-8-19-14(22-2)7-11(13)16(21)10-6-9(17)4-5-12(10)20-15(16)18/h4-8,21H,3H2,1-2H3,(H2,18,20). The number of aliphatic imine (C=N–C) groups is 1. The fourth-order valence-electron chi connectivity index (χ4n) is 2.62. The van der Waals surface area contributed by atoms with Gasteiger partial charge < -0.3 is 20.3 Å². The van der Waals surface area contributed by atoms with Crippen LogP contribution in [-0.2, 0) is 5.60 Å². The van der Waals surface area contributed by atoms with Gasteiger partial charge in [0.15, 0.2) is 5.60 Å². The van der Waals surface area contributed by atoms with Crippen molar-refractivity contribution in [3.63, 3.8) is 0 Å². The fraction of sp³-hybridized carbons (Fsp3) is 0.250.